The van der Waals surface area contributed by atoms with Gasteiger partial charge in [0.2, 0.25) is 5.91 Å². The van der Waals surface area contributed by atoms with Gasteiger partial charge in [-0.15, -0.1) is 0 Å². The van der Waals surface area contributed by atoms with Gasteiger partial charge in [-0.1, -0.05) is 31.9 Å². The lowest BCUT2D eigenvalue weighted by molar-refractivity contribution is -0.145. The largest absolute Gasteiger partial charge is 0.354 e. The second kappa shape index (κ2) is 8.50. The number of benzene rings is 1. The van der Waals surface area contributed by atoms with Gasteiger partial charge in [0, 0.05) is 12.6 Å². The Morgan fingerprint density at radius 1 is 1.11 bits per heavy atom. The fourth-order valence-corrected chi connectivity index (χ4v) is 3.83. The number of halogens is 1. The number of amides is 5. The molecule has 0 bridgehead atoms. The molecule has 1 heterocycles. The van der Waals surface area contributed by atoms with Gasteiger partial charge in [-0.2, -0.15) is 0 Å². The van der Waals surface area contributed by atoms with Crippen LogP contribution in [0.15, 0.2) is 24.3 Å². The van der Waals surface area contributed by atoms with E-state index in [1.54, 1.807) is 12.1 Å². The first-order chi connectivity index (χ1) is 13.4. The van der Waals surface area contributed by atoms with E-state index in [2.05, 4.69) is 5.32 Å². The number of nitrogens with zero attached hydrogens (tertiary/aromatic N) is 2. The van der Waals surface area contributed by atoms with Crippen molar-refractivity contribution in [1.82, 2.24) is 15.1 Å². The highest BCUT2D eigenvalue weighted by Crippen LogP contribution is 2.31. The maximum Gasteiger partial charge on any atom is 0.334 e. The Hall–Kier alpha value is -2.77. The molecule has 0 unspecified atom stereocenters. The Morgan fingerprint density at radius 2 is 1.79 bits per heavy atom. The van der Waals surface area contributed by atoms with Gasteiger partial charge >= 0.3 is 17.8 Å². The third-order valence-electron chi connectivity index (χ3n) is 5.43. The monoisotopic (exact) mass is 389 g/mol. The van der Waals surface area contributed by atoms with Crippen molar-refractivity contribution in [3.8, 4) is 0 Å². The van der Waals surface area contributed by atoms with Crippen LogP contribution in [-0.2, 0) is 20.8 Å². The number of imide groups is 2. The van der Waals surface area contributed by atoms with E-state index < -0.39 is 30.3 Å². The van der Waals surface area contributed by atoms with Crippen molar-refractivity contribution in [2.75, 3.05) is 13.1 Å². The molecule has 1 aliphatic heterocycles. The van der Waals surface area contributed by atoms with Gasteiger partial charge in [-0.05, 0) is 42.9 Å². The summed E-state index contributed by atoms with van der Waals surface area (Å²) in [6, 6.07) is 4.93. The van der Waals surface area contributed by atoms with Crippen molar-refractivity contribution in [2.45, 2.75) is 45.1 Å². The summed E-state index contributed by atoms with van der Waals surface area (Å²) in [7, 11) is 0. The Kier molecular flexibility index (Phi) is 6.06. The van der Waals surface area contributed by atoms with Crippen molar-refractivity contribution < 1.29 is 23.6 Å². The minimum absolute atomic E-state index is 0.138. The van der Waals surface area contributed by atoms with Crippen LogP contribution in [0.25, 0.3) is 0 Å². The molecule has 2 fully saturated rings. The van der Waals surface area contributed by atoms with Crippen molar-refractivity contribution >= 4 is 23.8 Å². The summed E-state index contributed by atoms with van der Waals surface area (Å²) in [5.74, 6) is -2.51. The Labute approximate surface area is 162 Å². The molecule has 0 spiro atoms. The number of nitrogens with one attached hydrogen (secondary N) is 1. The van der Waals surface area contributed by atoms with Crippen molar-refractivity contribution in [2.24, 2.45) is 5.92 Å². The quantitative estimate of drug-likeness (QED) is 0.594. The second-order valence-corrected chi connectivity index (χ2v) is 7.40. The van der Waals surface area contributed by atoms with Crippen LogP contribution in [-0.4, -0.2) is 52.7 Å². The Bertz CT molecular complexity index is 780. The van der Waals surface area contributed by atoms with E-state index in [1.807, 2.05) is 6.92 Å². The predicted octanol–water partition coefficient (Wildman–Crippen LogP) is 1.85. The zero-order valence-electron chi connectivity index (χ0n) is 15.8. The van der Waals surface area contributed by atoms with Crippen LogP contribution in [0.4, 0.5) is 9.18 Å². The van der Waals surface area contributed by atoms with Crippen LogP contribution in [0.5, 0.6) is 0 Å². The number of carbonyl (C=O) groups is 4. The molecule has 3 rings (SSSR count). The molecule has 2 atom stereocenters. The molecular weight excluding hydrogens is 365 g/mol. The minimum atomic E-state index is -0.948. The standard InChI is InChI=1S/C20H24FN3O4/c1-13-4-2-3-5-16(13)24-19(27)18(26)23(20(24)28)12-17(25)22-11-10-14-6-8-15(21)9-7-14/h6-9,13,16H,2-5,10-12H2,1H3,(H,22,25)/t13-,16-/m0/s1. The number of hydrogen-bond acceptors (Lipinski definition) is 4. The SMILES string of the molecule is C[C@H]1CCCC[C@@H]1N1C(=O)C(=O)N(CC(=O)NCCc2ccc(F)cc2)C1=O. The van der Waals surface area contributed by atoms with Gasteiger partial charge in [0.05, 0.1) is 0 Å². The minimum Gasteiger partial charge on any atom is -0.354 e. The Balaban J connectivity index is 1.55. The van der Waals surface area contributed by atoms with E-state index in [0.29, 0.717) is 12.8 Å². The lowest BCUT2D eigenvalue weighted by Crippen LogP contribution is -2.47. The highest BCUT2D eigenvalue weighted by Gasteiger charge is 2.49. The molecule has 1 saturated carbocycles. The molecule has 5 amide bonds. The molecule has 0 radical (unpaired) electrons. The molecule has 1 aromatic rings. The summed E-state index contributed by atoms with van der Waals surface area (Å²) in [6.07, 6.45) is 4.02. The highest BCUT2D eigenvalue weighted by atomic mass is 19.1. The summed E-state index contributed by atoms with van der Waals surface area (Å²) in [5.41, 5.74) is 0.850. The second-order valence-electron chi connectivity index (χ2n) is 7.40. The number of carbonyl (C=O) groups excluding carboxylic acids is 4. The molecule has 28 heavy (non-hydrogen) atoms. The van der Waals surface area contributed by atoms with Crippen molar-refractivity contribution in [3.63, 3.8) is 0 Å². The van der Waals surface area contributed by atoms with Crippen LogP contribution in [0, 0.1) is 11.7 Å². The number of hydrogen-bond donors (Lipinski definition) is 1. The average Bonchev–Trinajstić information content (AvgIpc) is 2.87. The van der Waals surface area contributed by atoms with Crippen LogP contribution < -0.4 is 5.32 Å². The molecule has 8 heteroatoms. The zero-order valence-corrected chi connectivity index (χ0v) is 15.8. The van der Waals surface area contributed by atoms with E-state index in [1.165, 1.54) is 12.1 Å². The predicted molar refractivity (Wildman–Crippen MR) is 98.5 cm³/mol. The average molecular weight is 389 g/mol. The lowest BCUT2D eigenvalue weighted by Gasteiger charge is -2.34. The van der Waals surface area contributed by atoms with Gasteiger partial charge in [-0.25, -0.2) is 14.1 Å². The van der Waals surface area contributed by atoms with Crippen LogP contribution >= 0.6 is 0 Å². The molecule has 150 valence electrons. The maximum atomic E-state index is 12.9. The zero-order chi connectivity index (χ0) is 20.3. The number of rotatable bonds is 6. The summed E-state index contributed by atoms with van der Waals surface area (Å²) < 4.78 is 12.9. The van der Waals surface area contributed by atoms with Gasteiger partial charge in [0.15, 0.2) is 0 Å². The first-order valence-electron chi connectivity index (χ1n) is 9.58. The van der Waals surface area contributed by atoms with E-state index >= 15 is 0 Å². The topological polar surface area (TPSA) is 86.8 Å². The summed E-state index contributed by atoms with van der Waals surface area (Å²) in [4.78, 5) is 51.1. The molecule has 0 aromatic heterocycles. The highest BCUT2D eigenvalue weighted by molar-refractivity contribution is 6.45. The smallest absolute Gasteiger partial charge is 0.334 e. The first-order valence-corrected chi connectivity index (χ1v) is 9.58. The summed E-state index contributed by atoms with van der Waals surface area (Å²) in [5, 5.41) is 2.62. The Morgan fingerprint density at radius 3 is 2.46 bits per heavy atom. The lowest BCUT2D eigenvalue weighted by atomic mass is 9.85. The van der Waals surface area contributed by atoms with Crippen molar-refractivity contribution in [1.29, 1.82) is 0 Å². The number of urea groups is 1. The van der Waals surface area contributed by atoms with Crippen LogP contribution in [0.2, 0.25) is 0 Å². The fraction of sp³-hybridized carbons (Fsp3) is 0.500. The van der Waals surface area contributed by atoms with Crippen LogP contribution in [0.3, 0.4) is 0 Å². The molecular formula is C20H24FN3O4. The normalized spacial score (nSPS) is 22.7. The maximum absolute atomic E-state index is 12.9. The van der Waals surface area contributed by atoms with Crippen molar-refractivity contribution in [3.05, 3.63) is 35.6 Å². The molecule has 7 nitrogen and oxygen atoms in total. The van der Waals surface area contributed by atoms with E-state index in [4.69, 9.17) is 0 Å². The molecule has 1 aromatic carbocycles. The summed E-state index contributed by atoms with van der Waals surface area (Å²) >= 11 is 0. The van der Waals surface area contributed by atoms with E-state index in [-0.39, 0.29) is 24.3 Å². The fourth-order valence-electron chi connectivity index (χ4n) is 3.83. The molecule has 1 N–H and O–H groups in total. The molecule has 2 aliphatic rings. The third-order valence-corrected chi connectivity index (χ3v) is 5.43. The van der Waals surface area contributed by atoms with E-state index in [9.17, 15) is 23.6 Å². The summed E-state index contributed by atoms with van der Waals surface area (Å²) in [6.45, 7) is 1.77. The third kappa shape index (κ3) is 4.21. The molecule has 1 saturated heterocycles. The van der Waals surface area contributed by atoms with Gasteiger partial charge in [0.25, 0.3) is 0 Å². The van der Waals surface area contributed by atoms with Crippen LogP contribution in [0.1, 0.15) is 38.2 Å². The van der Waals surface area contributed by atoms with Gasteiger partial charge in [0.1, 0.15) is 12.4 Å². The van der Waals surface area contributed by atoms with Gasteiger partial charge < -0.3 is 5.32 Å². The van der Waals surface area contributed by atoms with Gasteiger partial charge in [-0.3, -0.25) is 19.3 Å². The first kappa shape index (κ1) is 20.0. The van der Waals surface area contributed by atoms with E-state index in [0.717, 1.165) is 34.6 Å². The molecule has 1 aliphatic carbocycles.